The van der Waals surface area contributed by atoms with E-state index in [9.17, 15) is 16.8 Å². The fourth-order valence-corrected chi connectivity index (χ4v) is 7.46. The van der Waals surface area contributed by atoms with Gasteiger partial charge in [0.15, 0.2) is 33.5 Å². The van der Waals surface area contributed by atoms with E-state index in [1.807, 2.05) is 0 Å². The SMILES string of the molecule is C1CC[SiH2]OC1.CCC(C)(S(=O)(=O)CC)S(=O)(=O)CC. The van der Waals surface area contributed by atoms with E-state index in [-0.39, 0.29) is 27.7 Å². The Hall–Kier alpha value is 0.0769. The van der Waals surface area contributed by atoms with Crippen molar-refractivity contribution < 1.29 is 21.3 Å². The predicted octanol–water partition coefficient (Wildman–Crippen LogP) is 1.28. The van der Waals surface area contributed by atoms with Gasteiger partial charge in [0, 0.05) is 18.1 Å². The Bertz CT molecular complexity index is 421. The lowest BCUT2D eigenvalue weighted by atomic mass is 10.4. The number of hydrogen-bond acceptors (Lipinski definition) is 5. The van der Waals surface area contributed by atoms with Gasteiger partial charge in [-0.1, -0.05) is 27.2 Å². The van der Waals surface area contributed by atoms with Gasteiger partial charge in [0.05, 0.1) is 0 Å². The summed E-state index contributed by atoms with van der Waals surface area (Å²) in [4.78, 5) is 0. The van der Waals surface area contributed by atoms with E-state index in [0.717, 1.165) is 6.61 Å². The molecular formula is C12H28O5S2Si. The Labute approximate surface area is 126 Å². The van der Waals surface area contributed by atoms with Crippen LogP contribution in [-0.4, -0.2) is 48.8 Å². The average molecular weight is 345 g/mol. The molecule has 1 rings (SSSR count). The monoisotopic (exact) mass is 344 g/mol. The molecular weight excluding hydrogens is 316 g/mol. The normalized spacial score (nSPS) is 18.4. The van der Waals surface area contributed by atoms with E-state index in [1.54, 1.807) is 6.92 Å². The highest BCUT2D eigenvalue weighted by molar-refractivity contribution is 8.10. The Morgan fingerprint density at radius 3 is 1.65 bits per heavy atom. The zero-order valence-corrected chi connectivity index (χ0v) is 16.1. The van der Waals surface area contributed by atoms with Gasteiger partial charge in [-0.3, -0.25) is 0 Å². The minimum absolute atomic E-state index is 0.00849. The molecule has 1 fully saturated rings. The van der Waals surface area contributed by atoms with Crippen molar-refractivity contribution in [3.8, 4) is 0 Å². The molecule has 122 valence electrons. The van der Waals surface area contributed by atoms with Crippen LogP contribution in [0.15, 0.2) is 0 Å². The Kier molecular flexibility index (Phi) is 8.54. The highest BCUT2D eigenvalue weighted by Gasteiger charge is 2.47. The standard InChI is InChI=1S/C8H18O4S2.C4H10OSi/c1-5-8(4,13(9,10)6-2)14(11,12)7-3;1-2-4-6-5-3-1/h5-7H2,1-4H3;1-4,6H2. The van der Waals surface area contributed by atoms with Crippen molar-refractivity contribution in [3.05, 3.63) is 0 Å². The van der Waals surface area contributed by atoms with Crippen LogP contribution in [-0.2, 0) is 24.1 Å². The molecule has 1 heterocycles. The first kappa shape index (κ1) is 20.1. The third kappa shape index (κ3) is 4.82. The van der Waals surface area contributed by atoms with Crippen LogP contribution >= 0.6 is 0 Å². The van der Waals surface area contributed by atoms with Crippen molar-refractivity contribution in [2.45, 2.75) is 57.1 Å². The lowest BCUT2D eigenvalue weighted by molar-refractivity contribution is 0.304. The van der Waals surface area contributed by atoms with Gasteiger partial charge < -0.3 is 4.43 Å². The van der Waals surface area contributed by atoms with E-state index >= 15 is 0 Å². The van der Waals surface area contributed by atoms with Gasteiger partial charge in [-0.15, -0.1) is 0 Å². The van der Waals surface area contributed by atoms with Gasteiger partial charge in [0.25, 0.3) is 0 Å². The smallest absolute Gasteiger partial charge is 0.170 e. The first-order chi connectivity index (χ1) is 9.18. The molecule has 5 nitrogen and oxygen atoms in total. The molecule has 0 aromatic heterocycles. The van der Waals surface area contributed by atoms with Crippen LogP contribution in [0.3, 0.4) is 0 Å². The molecule has 1 aliphatic rings. The van der Waals surface area contributed by atoms with Crippen molar-refractivity contribution in [2.24, 2.45) is 0 Å². The predicted molar refractivity (Wildman–Crippen MR) is 86.2 cm³/mol. The zero-order valence-electron chi connectivity index (χ0n) is 13.0. The lowest BCUT2D eigenvalue weighted by Crippen LogP contribution is -2.44. The number of rotatable bonds is 5. The molecule has 0 amide bonds. The summed E-state index contributed by atoms with van der Waals surface area (Å²) >= 11 is 0. The lowest BCUT2D eigenvalue weighted by Gasteiger charge is -2.26. The van der Waals surface area contributed by atoms with Crippen molar-refractivity contribution >= 4 is 29.4 Å². The molecule has 0 bridgehead atoms. The van der Waals surface area contributed by atoms with Gasteiger partial charge in [-0.25, -0.2) is 16.8 Å². The molecule has 0 aromatic carbocycles. The second-order valence-corrected chi connectivity index (χ2v) is 12.2. The highest BCUT2D eigenvalue weighted by atomic mass is 32.3. The third-order valence-electron chi connectivity index (χ3n) is 3.80. The van der Waals surface area contributed by atoms with Gasteiger partial charge in [-0.05, 0) is 25.8 Å². The topological polar surface area (TPSA) is 77.5 Å². The van der Waals surface area contributed by atoms with E-state index in [1.165, 1.54) is 39.7 Å². The molecule has 0 radical (unpaired) electrons. The van der Waals surface area contributed by atoms with Crippen LogP contribution in [0.4, 0.5) is 0 Å². The molecule has 0 spiro atoms. The fourth-order valence-electron chi connectivity index (χ4n) is 1.93. The minimum atomic E-state index is -3.57. The molecule has 0 aromatic rings. The van der Waals surface area contributed by atoms with Crippen molar-refractivity contribution in [1.29, 1.82) is 0 Å². The Balaban J connectivity index is 0.000000493. The summed E-state index contributed by atoms with van der Waals surface area (Å²) in [6.07, 6.45) is 2.85. The highest BCUT2D eigenvalue weighted by Crippen LogP contribution is 2.29. The maximum atomic E-state index is 11.7. The summed E-state index contributed by atoms with van der Waals surface area (Å²) in [5.41, 5.74) is 0. The average Bonchev–Trinajstić information content (AvgIpc) is 2.48. The molecule has 20 heavy (non-hydrogen) atoms. The van der Waals surface area contributed by atoms with E-state index in [2.05, 4.69) is 0 Å². The van der Waals surface area contributed by atoms with Gasteiger partial charge in [-0.2, -0.15) is 0 Å². The number of hydrogen-bond donors (Lipinski definition) is 0. The number of sulfone groups is 2. The summed E-state index contributed by atoms with van der Waals surface area (Å²) in [7, 11) is -7.13. The maximum Gasteiger partial charge on any atom is 0.170 e. The first-order valence-corrected chi connectivity index (χ1v) is 12.1. The zero-order chi connectivity index (χ0) is 15.9. The molecule has 0 saturated carbocycles. The molecule has 0 aliphatic carbocycles. The molecule has 8 heteroatoms. The van der Waals surface area contributed by atoms with Crippen LogP contribution in [0.2, 0.25) is 6.04 Å². The summed E-state index contributed by atoms with van der Waals surface area (Å²) in [5.74, 6) is -0.285. The second-order valence-electron chi connectivity index (χ2n) is 4.97. The van der Waals surface area contributed by atoms with Gasteiger partial charge >= 0.3 is 0 Å². The van der Waals surface area contributed by atoms with E-state index in [0.29, 0.717) is 0 Å². The first-order valence-electron chi connectivity index (χ1n) is 7.20. The summed E-state index contributed by atoms with van der Waals surface area (Å²) in [6.45, 7) is 6.88. The largest absolute Gasteiger partial charge is 0.424 e. The van der Waals surface area contributed by atoms with Gasteiger partial charge in [0.2, 0.25) is 0 Å². The van der Waals surface area contributed by atoms with Crippen LogP contribution in [0.5, 0.6) is 0 Å². The van der Waals surface area contributed by atoms with Crippen molar-refractivity contribution in [3.63, 3.8) is 0 Å². The second kappa shape index (κ2) is 8.50. The fraction of sp³-hybridized carbons (Fsp3) is 1.00. The van der Waals surface area contributed by atoms with Crippen LogP contribution in [0, 0.1) is 0 Å². The summed E-state index contributed by atoms with van der Waals surface area (Å²) in [6, 6.07) is 1.42. The van der Waals surface area contributed by atoms with Crippen molar-refractivity contribution in [1.82, 2.24) is 0 Å². The minimum Gasteiger partial charge on any atom is -0.424 e. The third-order valence-corrected chi connectivity index (χ3v) is 11.4. The molecule has 1 saturated heterocycles. The summed E-state index contributed by atoms with van der Waals surface area (Å²) < 4.78 is 50.3. The maximum absolute atomic E-state index is 11.7. The van der Waals surface area contributed by atoms with Crippen LogP contribution < -0.4 is 0 Å². The Morgan fingerprint density at radius 2 is 1.50 bits per heavy atom. The Morgan fingerprint density at radius 1 is 1.00 bits per heavy atom. The molecule has 0 atom stereocenters. The van der Waals surface area contributed by atoms with E-state index < -0.39 is 23.8 Å². The quantitative estimate of drug-likeness (QED) is 0.702. The molecule has 0 N–H and O–H groups in total. The molecule has 1 aliphatic heterocycles. The van der Waals surface area contributed by atoms with Gasteiger partial charge in [0.1, 0.15) is 0 Å². The summed E-state index contributed by atoms with van der Waals surface area (Å²) in [5, 5.41) is 0. The van der Waals surface area contributed by atoms with E-state index in [4.69, 9.17) is 4.43 Å². The van der Waals surface area contributed by atoms with Crippen molar-refractivity contribution in [2.75, 3.05) is 18.1 Å². The van der Waals surface area contributed by atoms with Crippen LogP contribution in [0.25, 0.3) is 0 Å². The van der Waals surface area contributed by atoms with Crippen LogP contribution in [0.1, 0.15) is 47.0 Å². The molecule has 0 unspecified atom stereocenters.